The Labute approximate surface area is 129 Å². The smallest absolute Gasteiger partial charge is 0.343 e. The average Bonchev–Trinajstić information content (AvgIpc) is 2.71. The van der Waals surface area contributed by atoms with Crippen molar-refractivity contribution in [1.82, 2.24) is 19.7 Å². The van der Waals surface area contributed by atoms with Crippen molar-refractivity contribution in [2.75, 3.05) is 13.1 Å². The van der Waals surface area contributed by atoms with Gasteiger partial charge in [0.05, 0.1) is 6.10 Å². The number of hydrogen-bond donors (Lipinski definition) is 1. The second kappa shape index (κ2) is 6.36. The number of nitrogens with one attached hydrogen (secondary N) is 1. The second-order valence-corrected chi connectivity index (χ2v) is 5.93. The summed E-state index contributed by atoms with van der Waals surface area (Å²) in [6, 6.07) is 8.24. The molecule has 0 spiro atoms. The Morgan fingerprint density at radius 2 is 2.00 bits per heavy atom. The molecule has 1 aliphatic heterocycles. The number of aromatic nitrogens is 3. The van der Waals surface area contributed by atoms with Crippen molar-refractivity contribution >= 4 is 0 Å². The molecule has 118 valence electrons. The maximum Gasteiger partial charge on any atom is 0.343 e. The second-order valence-electron chi connectivity index (χ2n) is 5.93. The molecule has 0 aliphatic carbocycles. The molecule has 1 N–H and O–H groups in total. The summed E-state index contributed by atoms with van der Waals surface area (Å²) in [6.45, 7) is 7.39. The highest BCUT2D eigenvalue weighted by molar-refractivity contribution is 5.27. The number of H-pyrrole nitrogens is 1. The van der Waals surface area contributed by atoms with E-state index in [0.717, 1.165) is 37.6 Å². The van der Waals surface area contributed by atoms with Gasteiger partial charge in [0.15, 0.2) is 0 Å². The number of hydrogen-bond acceptors (Lipinski definition) is 4. The standard InChI is InChI=1S/C16H22N4O2/c1-12(2)22-14-5-3-13(4-6-14)11-19-8-7-15-17-18-16(21)20(15)10-9-19/h3-6,12H,7-11H2,1-2H3,(H,18,21). The zero-order valence-corrected chi connectivity index (χ0v) is 13.1. The lowest BCUT2D eigenvalue weighted by molar-refractivity contribution is 0.242. The molecule has 22 heavy (non-hydrogen) atoms. The minimum atomic E-state index is -0.105. The lowest BCUT2D eigenvalue weighted by Gasteiger charge is -2.19. The molecule has 0 fully saturated rings. The number of benzene rings is 1. The van der Waals surface area contributed by atoms with E-state index in [4.69, 9.17) is 4.74 Å². The fourth-order valence-corrected chi connectivity index (χ4v) is 2.74. The van der Waals surface area contributed by atoms with Crippen LogP contribution in [0.1, 0.15) is 25.2 Å². The van der Waals surface area contributed by atoms with Crippen LogP contribution in [0.2, 0.25) is 0 Å². The molecule has 0 atom stereocenters. The molecule has 0 saturated carbocycles. The highest BCUT2D eigenvalue weighted by Gasteiger charge is 2.16. The highest BCUT2D eigenvalue weighted by Crippen LogP contribution is 2.16. The maximum absolute atomic E-state index is 11.6. The van der Waals surface area contributed by atoms with Crippen LogP contribution < -0.4 is 10.4 Å². The zero-order valence-electron chi connectivity index (χ0n) is 13.1. The fourth-order valence-electron chi connectivity index (χ4n) is 2.74. The van der Waals surface area contributed by atoms with E-state index >= 15 is 0 Å². The van der Waals surface area contributed by atoms with Gasteiger partial charge < -0.3 is 4.74 Å². The molecule has 0 unspecified atom stereocenters. The van der Waals surface area contributed by atoms with Gasteiger partial charge in [-0.3, -0.25) is 9.47 Å². The SMILES string of the molecule is CC(C)Oc1ccc(CN2CCc3n[nH]c(=O)n3CC2)cc1. The van der Waals surface area contributed by atoms with Gasteiger partial charge in [0.25, 0.3) is 0 Å². The molecule has 1 aromatic carbocycles. The Bertz CT molecular complexity index is 672. The van der Waals surface area contributed by atoms with E-state index in [2.05, 4.69) is 27.2 Å². The molecule has 0 saturated heterocycles. The first-order chi connectivity index (χ1) is 10.6. The van der Waals surface area contributed by atoms with Crippen LogP contribution in [0.3, 0.4) is 0 Å². The first kappa shape index (κ1) is 14.8. The topological polar surface area (TPSA) is 63.1 Å². The van der Waals surface area contributed by atoms with Crippen LogP contribution >= 0.6 is 0 Å². The first-order valence-corrected chi connectivity index (χ1v) is 7.74. The van der Waals surface area contributed by atoms with Crippen LogP contribution in [0, 0.1) is 0 Å². The van der Waals surface area contributed by atoms with Gasteiger partial charge >= 0.3 is 5.69 Å². The average molecular weight is 302 g/mol. The Hall–Kier alpha value is -2.08. The van der Waals surface area contributed by atoms with E-state index in [1.54, 1.807) is 4.57 Å². The molecule has 3 rings (SSSR count). The van der Waals surface area contributed by atoms with E-state index in [1.165, 1.54) is 5.56 Å². The molecule has 1 aromatic heterocycles. The molecule has 0 bridgehead atoms. The van der Waals surface area contributed by atoms with E-state index in [1.807, 2.05) is 26.0 Å². The number of aromatic amines is 1. The molecule has 2 heterocycles. The van der Waals surface area contributed by atoms with Crippen LogP contribution in [0.5, 0.6) is 5.75 Å². The van der Waals surface area contributed by atoms with Crippen molar-refractivity contribution in [3.63, 3.8) is 0 Å². The van der Waals surface area contributed by atoms with E-state index in [0.29, 0.717) is 6.54 Å². The predicted molar refractivity (Wildman–Crippen MR) is 84.0 cm³/mol. The Kier molecular flexibility index (Phi) is 4.29. The third-order valence-electron chi connectivity index (χ3n) is 3.83. The van der Waals surface area contributed by atoms with E-state index in [9.17, 15) is 4.79 Å². The van der Waals surface area contributed by atoms with Gasteiger partial charge in [-0.2, -0.15) is 5.10 Å². The molecule has 1 aliphatic rings. The molecular weight excluding hydrogens is 280 g/mol. The van der Waals surface area contributed by atoms with Gasteiger partial charge in [-0.05, 0) is 31.5 Å². The number of ether oxygens (including phenoxy) is 1. The van der Waals surface area contributed by atoms with Crippen molar-refractivity contribution in [2.24, 2.45) is 0 Å². The Morgan fingerprint density at radius 1 is 1.23 bits per heavy atom. The third kappa shape index (κ3) is 3.39. The highest BCUT2D eigenvalue weighted by atomic mass is 16.5. The van der Waals surface area contributed by atoms with Gasteiger partial charge in [-0.25, -0.2) is 9.89 Å². The summed E-state index contributed by atoms with van der Waals surface area (Å²) in [5, 5.41) is 6.60. The van der Waals surface area contributed by atoms with Crippen molar-refractivity contribution < 1.29 is 4.74 Å². The quantitative estimate of drug-likeness (QED) is 0.928. The molecule has 6 nitrogen and oxygen atoms in total. The fraction of sp³-hybridized carbons (Fsp3) is 0.500. The normalized spacial score (nSPS) is 15.6. The Morgan fingerprint density at radius 3 is 2.73 bits per heavy atom. The van der Waals surface area contributed by atoms with Crippen LogP contribution in [0.15, 0.2) is 29.1 Å². The number of fused-ring (bicyclic) bond motifs is 1. The third-order valence-corrected chi connectivity index (χ3v) is 3.83. The van der Waals surface area contributed by atoms with Crippen LogP contribution in [0.25, 0.3) is 0 Å². The number of rotatable bonds is 4. The summed E-state index contributed by atoms with van der Waals surface area (Å²) < 4.78 is 7.40. The summed E-state index contributed by atoms with van der Waals surface area (Å²) in [5.74, 6) is 1.76. The minimum Gasteiger partial charge on any atom is -0.491 e. The van der Waals surface area contributed by atoms with Crippen LogP contribution in [-0.2, 0) is 19.5 Å². The lowest BCUT2D eigenvalue weighted by atomic mass is 10.2. The largest absolute Gasteiger partial charge is 0.491 e. The van der Waals surface area contributed by atoms with Crippen molar-refractivity contribution in [2.45, 2.75) is 39.5 Å². The van der Waals surface area contributed by atoms with Gasteiger partial charge in [-0.15, -0.1) is 0 Å². The summed E-state index contributed by atoms with van der Waals surface area (Å²) in [5.41, 5.74) is 1.15. The van der Waals surface area contributed by atoms with Crippen molar-refractivity contribution in [1.29, 1.82) is 0 Å². The summed E-state index contributed by atoms with van der Waals surface area (Å²) >= 11 is 0. The Balaban J connectivity index is 1.61. The summed E-state index contributed by atoms with van der Waals surface area (Å²) in [4.78, 5) is 14.0. The van der Waals surface area contributed by atoms with E-state index in [-0.39, 0.29) is 11.8 Å². The molecule has 2 aromatic rings. The predicted octanol–water partition coefficient (Wildman–Crippen LogP) is 1.42. The van der Waals surface area contributed by atoms with Crippen LogP contribution in [-0.4, -0.2) is 38.9 Å². The number of nitrogens with zero attached hydrogens (tertiary/aromatic N) is 3. The van der Waals surface area contributed by atoms with Gasteiger partial charge in [0.1, 0.15) is 11.6 Å². The van der Waals surface area contributed by atoms with E-state index < -0.39 is 0 Å². The summed E-state index contributed by atoms with van der Waals surface area (Å²) in [6.07, 6.45) is 0.990. The lowest BCUT2D eigenvalue weighted by Crippen LogP contribution is -2.28. The van der Waals surface area contributed by atoms with Crippen molar-refractivity contribution in [3.05, 3.63) is 46.1 Å². The van der Waals surface area contributed by atoms with Gasteiger partial charge in [0, 0.05) is 32.6 Å². The molecular formula is C16H22N4O2. The van der Waals surface area contributed by atoms with Crippen molar-refractivity contribution in [3.8, 4) is 5.75 Å². The molecule has 0 amide bonds. The monoisotopic (exact) mass is 302 g/mol. The zero-order chi connectivity index (χ0) is 15.5. The van der Waals surface area contributed by atoms with Gasteiger partial charge in [0.2, 0.25) is 0 Å². The minimum absolute atomic E-state index is 0.105. The maximum atomic E-state index is 11.6. The summed E-state index contributed by atoms with van der Waals surface area (Å²) in [7, 11) is 0. The van der Waals surface area contributed by atoms with Gasteiger partial charge in [-0.1, -0.05) is 12.1 Å². The van der Waals surface area contributed by atoms with Crippen LogP contribution in [0.4, 0.5) is 0 Å². The molecule has 0 radical (unpaired) electrons. The molecule has 6 heteroatoms. The first-order valence-electron chi connectivity index (χ1n) is 7.74.